The summed E-state index contributed by atoms with van der Waals surface area (Å²) in [6, 6.07) is 23.2. The van der Waals surface area contributed by atoms with Gasteiger partial charge >= 0.3 is 11.8 Å². The molecule has 0 saturated carbocycles. The number of hydrogen-bond donors (Lipinski definition) is 2. The van der Waals surface area contributed by atoms with Crippen LogP contribution < -0.4 is 20.3 Å². The Morgan fingerprint density at radius 3 is 2.18 bits per heavy atom. The molecular formula is C26H24N4O4. The second kappa shape index (κ2) is 11.3. The second-order valence-corrected chi connectivity index (χ2v) is 7.45. The van der Waals surface area contributed by atoms with Crippen LogP contribution in [0.2, 0.25) is 0 Å². The quantitative estimate of drug-likeness (QED) is 0.531. The number of ether oxygens (including phenoxy) is 1. The Labute approximate surface area is 197 Å². The van der Waals surface area contributed by atoms with Crippen molar-refractivity contribution in [2.45, 2.75) is 12.5 Å². The van der Waals surface area contributed by atoms with E-state index >= 15 is 0 Å². The molecule has 3 rings (SSSR count). The molecule has 3 amide bonds. The van der Waals surface area contributed by atoms with Crippen LogP contribution in [0.5, 0.6) is 5.75 Å². The zero-order valence-electron chi connectivity index (χ0n) is 18.8. The normalized spacial score (nSPS) is 11.0. The monoisotopic (exact) mass is 456 g/mol. The SMILES string of the molecule is COc1ccc(N(C)C(=O)[C@H](Cc2ccccc2)NC(=O)C(=O)Nc2ccc(C#N)cc2)cc1. The summed E-state index contributed by atoms with van der Waals surface area (Å²) >= 11 is 0. The van der Waals surface area contributed by atoms with Gasteiger partial charge in [0, 0.05) is 24.8 Å². The van der Waals surface area contributed by atoms with Crippen molar-refractivity contribution in [2.75, 3.05) is 24.4 Å². The lowest BCUT2D eigenvalue weighted by atomic mass is 10.0. The summed E-state index contributed by atoms with van der Waals surface area (Å²) in [4.78, 5) is 39.8. The molecule has 0 saturated heterocycles. The van der Waals surface area contributed by atoms with Gasteiger partial charge in [-0.05, 0) is 54.1 Å². The van der Waals surface area contributed by atoms with E-state index in [1.54, 1.807) is 38.4 Å². The van der Waals surface area contributed by atoms with E-state index in [-0.39, 0.29) is 12.3 Å². The Kier molecular flexibility index (Phi) is 7.97. The zero-order chi connectivity index (χ0) is 24.5. The van der Waals surface area contributed by atoms with Crippen LogP contribution in [0.3, 0.4) is 0 Å². The lowest BCUT2D eigenvalue weighted by Crippen LogP contribution is -2.51. The summed E-state index contributed by atoms with van der Waals surface area (Å²) in [6.45, 7) is 0. The molecule has 0 aliphatic carbocycles. The minimum absolute atomic E-state index is 0.204. The first kappa shape index (κ1) is 24.0. The number of hydrogen-bond acceptors (Lipinski definition) is 5. The summed E-state index contributed by atoms with van der Waals surface area (Å²) in [5.74, 6) is -1.59. The second-order valence-electron chi connectivity index (χ2n) is 7.45. The Morgan fingerprint density at radius 2 is 1.59 bits per heavy atom. The Balaban J connectivity index is 1.75. The molecule has 34 heavy (non-hydrogen) atoms. The molecule has 0 radical (unpaired) electrons. The molecule has 0 unspecified atom stereocenters. The molecule has 3 aromatic carbocycles. The average molecular weight is 457 g/mol. The Bertz CT molecular complexity index is 1190. The lowest BCUT2D eigenvalue weighted by Gasteiger charge is -2.25. The highest BCUT2D eigenvalue weighted by molar-refractivity contribution is 6.40. The number of anilines is 2. The van der Waals surface area contributed by atoms with Gasteiger partial charge in [0.15, 0.2) is 0 Å². The van der Waals surface area contributed by atoms with Crippen molar-refractivity contribution in [3.8, 4) is 11.8 Å². The number of benzene rings is 3. The molecule has 0 spiro atoms. The van der Waals surface area contributed by atoms with E-state index < -0.39 is 17.9 Å². The van der Waals surface area contributed by atoms with Gasteiger partial charge in [0.1, 0.15) is 11.8 Å². The van der Waals surface area contributed by atoms with Gasteiger partial charge in [-0.25, -0.2) is 0 Å². The van der Waals surface area contributed by atoms with Gasteiger partial charge in [0.05, 0.1) is 18.7 Å². The summed E-state index contributed by atoms with van der Waals surface area (Å²) < 4.78 is 5.16. The van der Waals surface area contributed by atoms with E-state index in [1.165, 1.54) is 29.2 Å². The van der Waals surface area contributed by atoms with Gasteiger partial charge in [-0.3, -0.25) is 14.4 Å². The maximum atomic E-state index is 13.3. The fourth-order valence-corrected chi connectivity index (χ4v) is 3.26. The van der Waals surface area contributed by atoms with E-state index in [1.807, 2.05) is 36.4 Å². The number of nitrogens with one attached hydrogen (secondary N) is 2. The molecule has 8 nitrogen and oxygen atoms in total. The van der Waals surface area contributed by atoms with E-state index in [0.717, 1.165) is 5.56 Å². The summed E-state index contributed by atoms with van der Waals surface area (Å²) in [5, 5.41) is 13.9. The van der Waals surface area contributed by atoms with Crippen LogP contribution in [0.15, 0.2) is 78.9 Å². The third-order valence-electron chi connectivity index (χ3n) is 5.15. The fourth-order valence-electron chi connectivity index (χ4n) is 3.26. The van der Waals surface area contributed by atoms with Gasteiger partial charge in [-0.2, -0.15) is 5.26 Å². The molecule has 3 aromatic rings. The molecule has 172 valence electrons. The summed E-state index contributed by atoms with van der Waals surface area (Å²) in [7, 11) is 3.16. The van der Waals surface area contributed by atoms with Crippen molar-refractivity contribution < 1.29 is 19.1 Å². The fraction of sp³-hybridized carbons (Fsp3) is 0.154. The van der Waals surface area contributed by atoms with E-state index in [9.17, 15) is 14.4 Å². The molecule has 0 aliphatic heterocycles. The van der Waals surface area contributed by atoms with Crippen LogP contribution in [0, 0.1) is 11.3 Å². The van der Waals surface area contributed by atoms with Gasteiger partial charge < -0.3 is 20.3 Å². The van der Waals surface area contributed by atoms with E-state index in [2.05, 4.69) is 10.6 Å². The number of amides is 3. The summed E-state index contributed by atoms with van der Waals surface area (Å²) in [6.07, 6.45) is 0.204. The van der Waals surface area contributed by atoms with E-state index in [4.69, 9.17) is 10.00 Å². The maximum Gasteiger partial charge on any atom is 0.313 e. The minimum atomic E-state index is -0.978. The zero-order valence-corrected chi connectivity index (χ0v) is 18.8. The van der Waals surface area contributed by atoms with Crippen LogP contribution in [0.1, 0.15) is 11.1 Å². The molecule has 1 atom stereocenters. The maximum absolute atomic E-state index is 13.3. The van der Waals surface area contributed by atoms with Gasteiger partial charge in [0.2, 0.25) is 5.91 Å². The minimum Gasteiger partial charge on any atom is -0.497 e. The molecular weight excluding hydrogens is 432 g/mol. The van der Waals surface area contributed by atoms with Crippen molar-refractivity contribution in [3.05, 3.63) is 90.0 Å². The standard InChI is InChI=1S/C26H24N4O4/c1-30(21-12-14-22(34-2)15-13-21)26(33)23(16-18-6-4-3-5-7-18)29-25(32)24(31)28-20-10-8-19(17-27)9-11-20/h3-15,23H,16H2,1-2H3,(H,28,31)(H,29,32)/t23-/m0/s1. The number of carbonyl (C=O) groups excluding carboxylic acids is 3. The molecule has 0 fully saturated rings. The number of nitrogens with zero attached hydrogens (tertiary/aromatic N) is 2. The molecule has 8 heteroatoms. The van der Waals surface area contributed by atoms with Crippen LogP contribution >= 0.6 is 0 Å². The van der Waals surface area contributed by atoms with Gasteiger partial charge in [-0.15, -0.1) is 0 Å². The van der Waals surface area contributed by atoms with Gasteiger partial charge in [-0.1, -0.05) is 30.3 Å². The first-order valence-corrected chi connectivity index (χ1v) is 10.5. The van der Waals surface area contributed by atoms with Crippen LogP contribution in [-0.2, 0) is 20.8 Å². The molecule has 2 N–H and O–H groups in total. The van der Waals surface area contributed by atoms with Crippen molar-refractivity contribution in [3.63, 3.8) is 0 Å². The molecule has 0 heterocycles. The van der Waals surface area contributed by atoms with Crippen LogP contribution in [0.25, 0.3) is 0 Å². The predicted molar refractivity (Wildman–Crippen MR) is 128 cm³/mol. The number of likely N-dealkylation sites (N-methyl/N-ethyl adjacent to an activating group) is 1. The first-order chi connectivity index (χ1) is 16.4. The third-order valence-corrected chi connectivity index (χ3v) is 5.15. The van der Waals surface area contributed by atoms with Crippen molar-refractivity contribution in [2.24, 2.45) is 0 Å². The van der Waals surface area contributed by atoms with Crippen molar-refractivity contribution >= 4 is 29.1 Å². The number of nitriles is 1. The highest BCUT2D eigenvalue weighted by Gasteiger charge is 2.27. The Hall–Kier alpha value is -4.64. The number of carbonyl (C=O) groups is 3. The smallest absolute Gasteiger partial charge is 0.313 e. The lowest BCUT2D eigenvalue weighted by molar-refractivity contribution is -0.137. The highest BCUT2D eigenvalue weighted by atomic mass is 16.5. The largest absolute Gasteiger partial charge is 0.497 e. The number of rotatable bonds is 7. The molecule has 0 aromatic heterocycles. The number of methoxy groups -OCH3 is 1. The molecule has 0 aliphatic rings. The highest BCUT2D eigenvalue weighted by Crippen LogP contribution is 2.19. The van der Waals surface area contributed by atoms with Crippen molar-refractivity contribution in [1.29, 1.82) is 5.26 Å². The Morgan fingerprint density at radius 1 is 0.941 bits per heavy atom. The third kappa shape index (κ3) is 6.20. The predicted octanol–water partition coefficient (Wildman–Crippen LogP) is 2.90. The first-order valence-electron chi connectivity index (χ1n) is 10.5. The van der Waals surface area contributed by atoms with Crippen LogP contribution in [-0.4, -0.2) is 37.9 Å². The van der Waals surface area contributed by atoms with Gasteiger partial charge in [0.25, 0.3) is 0 Å². The average Bonchev–Trinajstić information content (AvgIpc) is 2.88. The molecule has 0 bridgehead atoms. The van der Waals surface area contributed by atoms with Crippen molar-refractivity contribution in [1.82, 2.24) is 5.32 Å². The van der Waals surface area contributed by atoms with Crippen LogP contribution in [0.4, 0.5) is 11.4 Å². The topological polar surface area (TPSA) is 112 Å². The van der Waals surface area contributed by atoms with E-state index in [0.29, 0.717) is 22.7 Å². The summed E-state index contributed by atoms with van der Waals surface area (Å²) in [5.41, 5.74) is 2.23.